The van der Waals surface area contributed by atoms with Crippen LogP contribution in [0.1, 0.15) is 24.5 Å². The lowest BCUT2D eigenvalue weighted by Gasteiger charge is -2.00. The van der Waals surface area contributed by atoms with Crippen LogP contribution in [-0.4, -0.2) is 19.0 Å². The van der Waals surface area contributed by atoms with Gasteiger partial charge in [-0.1, -0.05) is 0 Å². The predicted octanol–water partition coefficient (Wildman–Crippen LogP) is 1.45. The molecule has 1 N–H and O–H groups in total. The van der Waals surface area contributed by atoms with Crippen LogP contribution in [0.25, 0.3) is 0 Å². The molecule has 1 aromatic rings. The molecule has 0 aromatic carbocycles. The molecule has 1 aromatic heterocycles. The second-order valence-electron chi connectivity index (χ2n) is 2.74. The molecule has 74 valence electrons. The lowest BCUT2D eigenvalue weighted by atomic mass is 10.3. The standard InChI is InChI=1S/C9H14O4/c1-7(10)9-4-3-8(13-9)5-12-6-11-2/h3-4,7,10H,5-6H2,1-2H3/t7-/m1/s1. The summed E-state index contributed by atoms with van der Waals surface area (Å²) < 4.78 is 15.0. The quantitative estimate of drug-likeness (QED) is 0.558. The minimum atomic E-state index is -0.573. The van der Waals surface area contributed by atoms with Crippen LogP contribution in [0.5, 0.6) is 0 Å². The van der Waals surface area contributed by atoms with E-state index in [4.69, 9.17) is 19.0 Å². The molecule has 0 unspecified atom stereocenters. The van der Waals surface area contributed by atoms with E-state index in [0.29, 0.717) is 18.1 Å². The first-order valence-electron chi connectivity index (χ1n) is 4.07. The summed E-state index contributed by atoms with van der Waals surface area (Å²) >= 11 is 0. The van der Waals surface area contributed by atoms with Crippen molar-refractivity contribution in [1.82, 2.24) is 0 Å². The smallest absolute Gasteiger partial charge is 0.146 e. The first-order chi connectivity index (χ1) is 6.24. The van der Waals surface area contributed by atoms with Crippen LogP contribution in [0.4, 0.5) is 0 Å². The van der Waals surface area contributed by atoms with E-state index >= 15 is 0 Å². The Morgan fingerprint density at radius 1 is 1.54 bits per heavy atom. The molecule has 0 aliphatic rings. The Balaban J connectivity index is 2.40. The fourth-order valence-electron chi connectivity index (χ4n) is 0.922. The summed E-state index contributed by atoms with van der Waals surface area (Å²) in [6.45, 7) is 2.25. The zero-order valence-corrected chi connectivity index (χ0v) is 7.82. The van der Waals surface area contributed by atoms with E-state index in [1.54, 1.807) is 26.2 Å². The molecule has 4 heteroatoms. The van der Waals surface area contributed by atoms with Crippen LogP contribution in [0.3, 0.4) is 0 Å². The fourth-order valence-corrected chi connectivity index (χ4v) is 0.922. The van der Waals surface area contributed by atoms with Gasteiger partial charge in [-0.2, -0.15) is 0 Å². The van der Waals surface area contributed by atoms with Crippen LogP contribution in [0.2, 0.25) is 0 Å². The molecule has 13 heavy (non-hydrogen) atoms. The number of ether oxygens (including phenoxy) is 2. The second-order valence-corrected chi connectivity index (χ2v) is 2.74. The monoisotopic (exact) mass is 186 g/mol. The van der Waals surface area contributed by atoms with Gasteiger partial charge in [0.1, 0.15) is 31.0 Å². The number of aliphatic hydroxyl groups excluding tert-OH is 1. The number of aliphatic hydroxyl groups is 1. The molecule has 0 aliphatic heterocycles. The van der Waals surface area contributed by atoms with E-state index in [2.05, 4.69) is 0 Å². The van der Waals surface area contributed by atoms with Crippen molar-refractivity contribution in [1.29, 1.82) is 0 Å². The zero-order chi connectivity index (χ0) is 9.68. The molecule has 0 saturated heterocycles. The fraction of sp³-hybridized carbons (Fsp3) is 0.556. The number of rotatable bonds is 5. The average molecular weight is 186 g/mol. The van der Waals surface area contributed by atoms with Crippen molar-refractivity contribution in [3.63, 3.8) is 0 Å². The molecular weight excluding hydrogens is 172 g/mol. The maximum Gasteiger partial charge on any atom is 0.146 e. The van der Waals surface area contributed by atoms with Crippen molar-refractivity contribution in [2.45, 2.75) is 19.6 Å². The molecule has 0 aliphatic carbocycles. The van der Waals surface area contributed by atoms with Crippen molar-refractivity contribution >= 4 is 0 Å². The van der Waals surface area contributed by atoms with E-state index in [9.17, 15) is 0 Å². The third kappa shape index (κ3) is 3.18. The maximum absolute atomic E-state index is 9.15. The van der Waals surface area contributed by atoms with Crippen LogP contribution in [0.15, 0.2) is 16.5 Å². The number of furan rings is 1. The molecule has 0 bridgehead atoms. The van der Waals surface area contributed by atoms with E-state index in [0.717, 1.165) is 0 Å². The summed E-state index contributed by atoms with van der Waals surface area (Å²) in [5.41, 5.74) is 0. The Labute approximate surface area is 77.1 Å². The Kier molecular flexibility index (Phi) is 3.95. The predicted molar refractivity (Wildman–Crippen MR) is 46.0 cm³/mol. The number of methoxy groups -OCH3 is 1. The SMILES string of the molecule is COCOCc1ccc([C@@H](C)O)o1. The van der Waals surface area contributed by atoms with Gasteiger partial charge in [-0.15, -0.1) is 0 Å². The third-order valence-corrected chi connectivity index (χ3v) is 1.54. The summed E-state index contributed by atoms with van der Waals surface area (Å²) in [7, 11) is 1.56. The number of hydrogen-bond acceptors (Lipinski definition) is 4. The Bertz CT molecular complexity index is 242. The topological polar surface area (TPSA) is 51.8 Å². The molecule has 4 nitrogen and oxygen atoms in total. The first kappa shape index (κ1) is 10.2. The second kappa shape index (κ2) is 5.01. The molecule has 0 amide bonds. The van der Waals surface area contributed by atoms with E-state index in [1.165, 1.54) is 0 Å². The third-order valence-electron chi connectivity index (χ3n) is 1.54. The molecule has 0 saturated carbocycles. The van der Waals surface area contributed by atoms with Gasteiger partial charge in [0.25, 0.3) is 0 Å². The highest BCUT2D eigenvalue weighted by molar-refractivity contribution is 5.07. The molecule has 1 rings (SSSR count). The van der Waals surface area contributed by atoms with Gasteiger partial charge in [-0.05, 0) is 19.1 Å². The van der Waals surface area contributed by atoms with Crippen molar-refractivity contribution < 1.29 is 19.0 Å². The summed E-state index contributed by atoms with van der Waals surface area (Å²) in [5.74, 6) is 1.24. The van der Waals surface area contributed by atoms with Crippen molar-refractivity contribution in [3.05, 3.63) is 23.7 Å². The van der Waals surface area contributed by atoms with Crippen molar-refractivity contribution in [2.24, 2.45) is 0 Å². The highest BCUT2D eigenvalue weighted by Crippen LogP contribution is 2.16. The Morgan fingerprint density at radius 3 is 2.85 bits per heavy atom. The maximum atomic E-state index is 9.15. The van der Waals surface area contributed by atoms with Crippen LogP contribution >= 0.6 is 0 Å². The average Bonchev–Trinajstić information content (AvgIpc) is 2.53. The largest absolute Gasteiger partial charge is 0.461 e. The normalized spacial score (nSPS) is 13.2. The highest BCUT2D eigenvalue weighted by atomic mass is 16.7. The van der Waals surface area contributed by atoms with Crippen LogP contribution in [0, 0.1) is 0 Å². The first-order valence-corrected chi connectivity index (χ1v) is 4.07. The molecule has 0 spiro atoms. The van der Waals surface area contributed by atoms with Gasteiger partial charge in [-0.25, -0.2) is 0 Å². The van der Waals surface area contributed by atoms with E-state index in [-0.39, 0.29) is 6.79 Å². The van der Waals surface area contributed by atoms with E-state index < -0.39 is 6.10 Å². The summed E-state index contributed by atoms with van der Waals surface area (Å²) in [6, 6.07) is 3.51. The summed E-state index contributed by atoms with van der Waals surface area (Å²) in [6.07, 6.45) is -0.573. The highest BCUT2D eigenvalue weighted by Gasteiger charge is 2.06. The lowest BCUT2D eigenvalue weighted by Crippen LogP contribution is -1.95. The molecule has 1 heterocycles. The van der Waals surface area contributed by atoms with Crippen LogP contribution < -0.4 is 0 Å². The van der Waals surface area contributed by atoms with Crippen molar-refractivity contribution in [3.8, 4) is 0 Å². The number of hydrogen-bond donors (Lipinski definition) is 1. The van der Waals surface area contributed by atoms with Gasteiger partial charge >= 0.3 is 0 Å². The van der Waals surface area contributed by atoms with Crippen LogP contribution in [-0.2, 0) is 16.1 Å². The van der Waals surface area contributed by atoms with Gasteiger partial charge in [0.05, 0.1) is 0 Å². The Morgan fingerprint density at radius 2 is 2.31 bits per heavy atom. The summed E-state index contributed by atoms with van der Waals surface area (Å²) in [4.78, 5) is 0. The van der Waals surface area contributed by atoms with Crippen molar-refractivity contribution in [2.75, 3.05) is 13.9 Å². The zero-order valence-electron chi connectivity index (χ0n) is 7.82. The van der Waals surface area contributed by atoms with Gasteiger partial charge < -0.3 is 19.0 Å². The Hall–Kier alpha value is -0.840. The minimum Gasteiger partial charge on any atom is -0.461 e. The summed E-state index contributed by atoms with van der Waals surface area (Å²) in [5, 5.41) is 9.15. The van der Waals surface area contributed by atoms with Gasteiger partial charge in [-0.3, -0.25) is 0 Å². The van der Waals surface area contributed by atoms with Gasteiger partial charge in [0.15, 0.2) is 0 Å². The minimum absolute atomic E-state index is 0.241. The molecule has 1 atom stereocenters. The van der Waals surface area contributed by atoms with Gasteiger partial charge in [0, 0.05) is 7.11 Å². The molecular formula is C9H14O4. The van der Waals surface area contributed by atoms with E-state index in [1.807, 2.05) is 0 Å². The molecule has 0 radical (unpaired) electrons. The molecule has 0 fully saturated rings. The van der Waals surface area contributed by atoms with Gasteiger partial charge in [0.2, 0.25) is 0 Å². The lowest BCUT2D eigenvalue weighted by molar-refractivity contribution is -0.0446.